The van der Waals surface area contributed by atoms with Gasteiger partial charge in [-0.05, 0) is 87.7 Å². The SMILES string of the molecule is Cc1sc2nc(CN(CCc3ccccc3)C(=O)C34CC5CC(CC(C5)C3)C4)[nH]c(=O)c2c1C. The third-order valence-corrected chi connectivity index (χ3v) is 9.82. The number of aryl methyl sites for hydroxylation is 2. The summed E-state index contributed by atoms with van der Waals surface area (Å²) in [5.74, 6) is 3.06. The summed E-state index contributed by atoms with van der Waals surface area (Å²) in [5, 5.41) is 0.689. The lowest BCUT2D eigenvalue weighted by Gasteiger charge is -2.56. The number of nitrogens with zero attached hydrogens (tertiary/aromatic N) is 2. The van der Waals surface area contributed by atoms with Gasteiger partial charge in [0.1, 0.15) is 10.7 Å². The van der Waals surface area contributed by atoms with E-state index in [0.29, 0.717) is 30.2 Å². The molecule has 4 saturated carbocycles. The van der Waals surface area contributed by atoms with Gasteiger partial charge in [0.2, 0.25) is 5.91 Å². The maximum atomic E-state index is 14.2. The van der Waals surface area contributed by atoms with E-state index in [-0.39, 0.29) is 11.0 Å². The van der Waals surface area contributed by atoms with Crippen LogP contribution < -0.4 is 5.56 Å². The molecule has 0 radical (unpaired) electrons. The molecule has 5 nitrogen and oxygen atoms in total. The van der Waals surface area contributed by atoms with Crippen molar-refractivity contribution in [1.29, 1.82) is 0 Å². The van der Waals surface area contributed by atoms with Crippen LogP contribution in [0.3, 0.4) is 0 Å². The first-order chi connectivity index (χ1) is 16.4. The third kappa shape index (κ3) is 3.80. The van der Waals surface area contributed by atoms with Crippen LogP contribution in [-0.4, -0.2) is 27.3 Å². The van der Waals surface area contributed by atoms with E-state index in [0.717, 1.165) is 58.7 Å². The topological polar surface area (TPSA) is 66.1 Å². The molecular formula is C28H33N3O2S. The Hall–Kier alpha value is -2.47. The van der Waals surface area contributed by atoms with Crippen LogP contribution in [0.1, 0.15) is 60.4 Å². The maximum absolute atomic E-state index is 14.2. The minimum atomic E-state index is -0.202. The first kappa shape index (κ1) is 22.0. The van der Waals surface area contributed by atoms with E-state index in [1.807, 2.05) is 24.8 Å². The molecule has 7 rings (SSSR count). The highest BCUT2D eigenvalue weighted by atomic mass is 32.1. The van der Waals surface area contributed by atoms with Crippen molar-refractivity contribution in [2.24, 2.45) is 23.2 Å². The molecule has 4 fully saturated rings. The lowest BCUT2D eigenvalue weighted by molar-refractivity contribution is -0.158. The Morgan fingerprint density at radius 1 is 1.09 bits per heavy atom. The fourth-order valence-corrected chi connectivity index (χ4v) is 8.47. The zero-order valence-corrected chi connectivity index (χ0v) is 20.9. The van der Waals surface area contributed by atoms with Gasteiger partial charge < -0.3 is 9.88 Å². The number of aromatic nitrogens is 2. The normalized spacial score (nSPS) is 27.4. The summed E-state index contributed by atoms with van der Waals surface area (Å²) in [4.78, 5) is 38.9. The predicted molar refractivity (Wildman–Crippen MR) is 136 cm³/mol. The number of aromatic amines is 1. The van der Waals surface area contributed by atoms with Crippen molar-refractivity contribution >= 4 is 27.5 Å². The van der Waals surface area contributed by atoms with Crippen molar-refractivity contribution in [1.82, 2.24) is 14.9 Å². The molecular weight excluding hydrogens is 442 g/mol. The Morgan fingerprint density at radius 3 is 2.38 bits per heavy atom. The van der Waals surface area contributed by atoms with Crippen LogP contribution in [0.5, 0.6) is 0 Å². The highest BCUT2D eigenvalue weighted by Gasteiger charge is 2.55. The monoisotopic (exact) mass is 475 g/mol. The molecule has 1 amide bonds. The number of rotatable bonds is 6. The molecule has 0 saturated heterocycles. The molecule has 0 aliphatic heterocycles. The molecule has 4 aliphatic carbocycles. The van der Waals surface area contributed by atoms with Gasteiger partial charge in [-0.1, -0.05) is 30.3 Å². The van der Waals surface area contributed by atoms with Crippen molar-refractivity contribution < 1.29 is 4.79 Å². The van der Waals surface area contributed by atoms with Gasteiger partial charge >= 0.3 is 0 Å². The van der Waals surface area contributed by atoms with Crippen molar-refractivity contribution in [2.45, 2.75) is 65.3 Å². The quantitative estimate of drug-likeness (QED) is 0.520. The fraction of sp³-hybridized carbons (Fsp3) is 0.536. The van der Waals surface area contributed by atoms with Crippen LogP contribution in [0, 0.1) is 37.0 Å². The van der Waals surface area contributed by atoms with E-state index in [1.165, 1.54) is 24.8 Å². The Bertz CT molecular complexity index is 1260. The summed E-state index contributed by atoms with van der Waals surface area (Å²) in [6, 6.07) is 10.4. The van der Waals surface area contributed by atoms with Crippen LogP contribution >= 0.6 is 11.3 Å². The molecule has 0 atom stereocenters. The van der Waals surface area contributed by atoms with Crippen molar-refractivity contribution in [3.8, 4) is 0 Å². The second-order valence-corrected chi connectivity index (χ2v) is 12.3. The van der Waals surface area contributed by atoms with Gasteiger partial charge in [0.25, 0.3) is 5.56 Å². The van der Waals surface area contributed by atoms with Gasteiger partial charge in [0.15, 0.2) is 0 Å². The van der Waals surface area contributed by atoms with Crippen LogP contribution in [0.15, 0.2) is 35.1 Å². The van der Waals surface area contributed by atoms with E-state index in [1.54, 1.807) is 11.3 Å². The molecule has 1 aromatic carbocycles. The molecule has 178 valence electrons. The number of carbonyl (C=O) groups is 1. The second-order valence-electron chi connectivity index (χ2n) is 11.1. The Balaban J connectivity index is 1.32. The standard InChI is InChI=1S/C28H33N3O2S/c1-17-18(2)34-26-24(17)25(32)29-23(30-26)16-31(9-8-19-6-4-3-5-7-19)27(33)28-13-20-10-21(14-28)12-22(11-20)15-28/h3-7,20-22H,8-16H2,1-2H3,(H,29,30,32). The largest absolute Gasteiger partial charge is 0.334 e. The lowest BCUT2D eigenvalue weighted by Crippen LogP contribution is -2.54. The minimum Gasteiger partial charge on any atom is -0.334 e. The average Bonchev–Trinajstić information content (AvgIpc) is 3.09. The van der Waals surface area contributed by atoms with Gasteiger partial charge in [0, 0.05) is 11.4 Å². The van der Waals surface area contributed by atoms with Crippen LogP contribution in [0.4, 0.5) is 0 Å². The van der Waals surface area contributed by atoms with Crippen LogP contribution in [-0.2, 0) is 17.8 Å². The van der Waals surface area contributed by atoms with Gasteiger partial charge in [-0.2, -0.15) is 0 Å². The molecule has 2 aromatic heterocycles. The summed E-state index contributed by atoms with van der Waals surface area (Å²) >= 11 is 1.57. The van der Waals surface area contributed by atoms with E-state index in [4.69, 9.17) is 4.98 Å². The average molecular weight is 476 g/mol. The van der Waals surface area contributed by atoms with Gasteiger partial charge in [0.05, 0.1) is 17.3 Å². The number of fused-ring (bicyclic) bond motifs is 1. The lowest BCUT2D eigenvalue weighted by atomic mass is 9.49. The highest BCUT2D eigenvalue weighted by Crippen LogP contribution is 2.60. The van der Waals surface area contributed by atoms with Crippen LogP contribution in [0.2, 0.25) is 0 Å². The number of H-pyrrole nitrogens is 1. The van der Waals surface area contributed by atoms with Crippen molar-refractivity contribution in [3.63, 3.8) is 0 Å². The first-order valence-electron chi connectivity index (χ1n) is 12.7. The zero-order valence-electron chi connectivity index (χ0n) is 20.1. The number of benzene rings is 1. The summed E-state index contributed by atoms with van der Waals surface area (Å²) in [6.07, 6.45) is 7.91. The second kappa shape index (κ2) is 8.33. The number of carbonyl (C=O) groups excluding carboxylic acids is 1. The summed E-state index contributed by atoms with van der Waals surface area (Å²) in [7, 11) is 0. The number of amides is 1. The van der Waals surface area contributed by atoms with Crippen LogP contribution in [0.25, 0.3) is 10.2 Å². The predicted octanol–water partition coefficient (Wildman–Crippen LogP) is 5.39. The maximum Gasteiger partial charge on any atom is 0.259 e. The molecule has 3 aromatic rings. The third-order valence-electron chi connectivity index (χ3n) is 8.72. The van der Waals surface area contributed by atoms with Crippen molar-refractivity contribution in [3.05, 3.63) is 62.5 Å². The van der Waals surface area contributed by atoms with E-state index in [2.05, 4.69) is 29.2 Å². The first-order valence-corrected chi connectivity index (χ1v) is 13.5. The Labute approximate surface area is 204 Å². The Morgan fingerprint density at radius 2 is 1.74 bits per heavy atom. The molecule has 0 unspecified atom stereocenters. The van der Waals surface area contributed by atoms with E-state index < -0.39 is 0 Å². The van der Waals surface area contributed by atoms with Gasteiger partial charge in [-0.3, -0.25) is 9.59 Å². The highest BCUT2D eigenvalue weighted by molar-refractivity contribution is 7.18. The molecule has 2 heterocycles. The molecule has 4 bridgehead atoms. The summed E-state index contributed by atoms with van der Waals surface area (Å²) < 4.78 is 0. The number of hydrogen-bond acceptors (Lipinski definition) is 4. The molecule has 4 aliphatic rings. The van der Waals surface area contributed by atoms with E-state index >= 15 is 0 Å². The molecule has 34 heavy (non-hydrogen) atoms. The van der Waals surface area contributed by atoms with Crippen molar-refractivity contribution in [2.75, 3.05) is 6.54 Å². The summed E-state index contributed by atoms with van der Waals surface area (Å²) in [6.45, 7) is 5.03. The zero-order chi connectivity index (χ0) is 23.4. The number of hydrogen-bond donors (Lipinski definition) is 1. The summed E-state index contributed by atoms with van der Waals surface area (Å²) in [5.41, 5.74) is 1.94. The fourth-order valence-electron chi connectivity index (χ4n) is 7.42. The van der Waals surface area contributed by atoms with Gasteiger partial charge in [-0.15, -0.1) is 11.3 Å². The minimum absolute atomic E-state index is 0.0906. The molecule has 0 spiro atoms. The number of thiophene rings is 1. The smallest absolute Gasteiger partial charge is 0.259 e. The van der Waals surface area contributed by atoms with Gasteiger partial charge in [-0.25, -0.2) is 4.98 Å². The Kier molecular flexibility index (Phi) is 5.40. The number of nitrogens with one attached hydrogen (secondary N) is 1. The van der Waals surface area contributed by atoms with E-state index in [9.17, 15) is 9.59 Å². The molecule has 6 heteroatoms. The molecule has 1 N–H and O–H groups in total.